The fourth-order valence-electron chi connectivity index (χ4n) is 3.48. The van der Waals surface area contributed by atoms with Crippen LogP contribution in [0.25, 0.3) is 5.57 Å². The van der Waals surface area contributed by atoms with E-state index in [9.17, 15) is 0 Å². The molecule has 2 heteroatoms. The molecule has 1 aliphatic carbocycles. The van der Waals surface area contributed by atoms with Crippen molar-refractivity contribution in [2.24, 2.45) is 0 Å². The molecule has 0 aromatic heterocycles. The van der Waals surface area contributed by atoms with Gasteiger partial charge in [0.25, 0.3) is 0 Å². The van der Waals surface area contributed by atoms with Gasteiger partial charge in [0.05, 0.1) is 0 Å². The molecule has 2 aromatic rings. The third kappa shape index (κ3) is 5.05. The molecule has 0 radical (unpaired) electrons. The Labute approximate surface area is 161 Å². The molecule has 1 N–H and O–H groups in total. The van der Waals surface area contributed by atoms with Crippen molar-refractivity contribution in [1.29, 1.82) is 0 Å². The molecule has 1 nitrogen and oxygen atoms in total. The van der Waals surface area contributed by atoms with Crippen molar-refractivity contribution in [2.45, 2.75) is 59.5 Å². The first-order chi connectivity index (χ1) is 12.2. The van der Waals surface area contributed by atoms with E-state index in [1.54, 1.807) is 0 Å². The van der Waals surface area contributed by atoms with Crippen LogP contribution in [0.1, 0.15) is 56.7 Å². The average molecular weight is 400 g/mol. The molecule has 3 rings (SSSR count). The van der Waals surface area contributed by atoms with Crippen LogP contribution < -0.4 is 5.32 Å². The molecule has 1 aliphatic rings. The molecule has 0 spiro atoms. The predicted molar refractivity (Wildman–Crippen MR) is 114 cm³/mol. The molecular formula is C23H30BrN. The van der Waals surface area contributed by atoms with Gasteiger partial charge in [0.15, 0.2) is 0 Å². The van der Waals surface area contributed by atoms with Crippen molar-refractivity contribution >= 4 is 21.5 Å². The Morgan fingerprint density at radius 3 is 2.44 bits per heavy atom. The molecule has 0 aliphatic heterocycles. The van der Waals surface area contributed by atoms with Gasteiger partial charge in [0, 0.05) is 17.1 Å². The summed E-state index contributed by atoms with van der Waals surface area (Å²) in [5.74, 6) is 0. The second kappa shape index (κ2) is 9.94. The summed E-state index contributed by atoms with van der Waals surface area (Å²) in [5, 5.41) is 3.75. The van der Waals surface area contributed by atoms with Crippen molar-refractivity contribution in [1.82, 2.24) is 5.32 Å². The number of halogens is 1. The Kier molecular flexibility index (Phi) is 7.92. The Bertz CT molecular complexity index is 703. The van der Waals surface area contributed by atoms with Crippen molar-refractivity contribution in [3.8, 4) is 0 Å². The molecule has 134 valence electrons. The first-order valence-electron chi connectivity index (χ1n) is 9.39. The lowest BCUT2D eigenvalue weighted by molar-refractivity contribution is 0.504. The highest BCUT2D eigenvalue weighted by Crippen LogP contribution is 2.35. The molecular weight excluding hydrogens is 370 g/mol. The summed E-state index contributed by atoms with van der Waals surface area (Å²) in [4.78, 5) is 0. The van der Waals surface area contributed by atoms with Crippen LogP contribution in [-0.4, -0.2) is 6.04 Å². The summed E-state index contributed by atoms with van der Waals surface area (Å²) in [6, 6.07) is 17.7. The summed E-state index contributed by atoms with van der Waals surface area (Å²) in [6.45, 7) is 9.45. The monoisotopic (exact) mass is 399 g/mol. The van der Waals surface area contributed by atoms with Crippen LogP contribution in [0.5, 0.6) is 0 Å². The second-order valence-corrected chi connectivity index (χ2v) is 7.24. The smallest absolute Gasteiger partial charge is 0.0285 e. The number of allylic oxidation sites excluding steroid dienone is 1. The van der Waals surface area contributed by atoms with Crippen molar-refractivity contribution in [3.05, 3.63) is 75.3 Å². The van der Waals surface area contributed by atoms with Crippen LogP contribution in [0, 0.1) is 6.92 Å². The lowest BCUT2D eigenvalue weighted by Gasteiger charge is -2.29. The van der Waals surface area contributed by atoms with Gasteiger partial charge in [-0.15, -0.1) is 0 Å². The van der Waals surface area contributed by atoms with Crippen molar-refractivity contribution in [3.63, 3.8) is 0 Å². The largest absolute Gasteiger partial charge is 0.306 e. The molecule has 2 aromatic carbocycles. The van der Waals surface area contributed by atoms with Gasteiger partial charge in [0.1, 0.15) is 0 Å². The number of rotatable bonds is 4. The molecule has 0 heterocycles. The normalized spacial score (nSPS) is 17.1. The van der Waals surface area contributed by atoms with E-state index in [0.717, 1.165) is 6.54 Å². The highest BCUT2D eigenvalue weighted by molar-refractivity contribution is 9.10. The molecule has 0 saturated carbocycles. The van der Waals surface area contributed by atoms with Gasteiger partial charge in [-0.3, -0.25) is 0 Å². The van der Waals surface area contributed by atoms with Gasteiger partial charge < -0.3 is 5.32 Å². The Morgan fingerprint density at radius 1 is 1.00 bits per heavy atom. The topological polar surface area (TPSA) is 12.0 Å². The SMILES string of the molecule is CC.CC1=C(c2cccc(Br)c2C)CCCC1NCc1ccccc1. The highest BCUT2D eigenvalue weighted by atomic mass is 79.9. The molecule has 1 atom stereocenters. The third-order valence-electron chi connectivity index (χ3n) is 4.91. The lowest BCUT2D eigenvalue weighted by Crippen LogP contribution is -2.32. The third-order valence-corrected chi connectivity index (χ3v) is 5.77. The molecule has 1 unspecified atom stereocenters. The van der Waals surface area contributed by atoms with E-state index in [4.69, 9.17) is 0 Å². The zero-order chi connectivity index (χ0) is 18.2. The first-order valence-corrected chi connectivity index (χ1v) is 10.2. The van der Waals surface area contributed by atoms with E-state index in [1.165, 1.54) is 51.6 Å². The van der Waals surface area contributed by atoms with E-state index in [1.807, 2.05) is 13.8 Å². The number of hydrogen-bond donors (Lipinski definition) is 1. The number of benzene rings is 2. The predicted octanol–water partition coefficient (Wildman–Crippen LogP) is 6.90. The van der Waals surface area contributed by atoms with Gasteiger partial charge in [-0.05, 0) is 61.4 Å². The van der Waals surface area contributed by atoms with Crippen LogP contribution in [-0.2, 0) is 6.54 Å². The average Bonchev–Trinajstić information content (AvgIpc) is 2.66. The van der Waals surface area contributed by atoms with Gasteiger partial charge in [-0.1, -0.05) is 77.8 Å². The fourth-order valence-corrected chi connectivity index (χ4v) is 3.85. The summed E-state index contributed by atoms with van der Waals surface area (Å²) in [6.07, 6.45) is 3.67. The van der Waals surface area contributed by atoms with Crippen LogP contribution >= 0.6 is 15.9 Å². The molecule has 0 saturated heterocycles. The lowest BCUT2D eigenvalue weighted by atomic mass is 9.83. The molecule has 0 fully saturated rings. The zero-order valence-electron chi connectivity index (χ0n) is 15.9. The van der Waals surface area contributed by atoms with E-state index in [0.29, 0.717) is 6.04 Å². The van der Waals surface area contributed by atoms with Gasteiger partial charge in [-0.2, -0.15) is 0 Å². The Hall–Kier alpha value is -1.38. The van der Waals surface area contributed by atoms with E-state index in [2.05, 4.69) is 83.6 Å². The standard InChI is InChI=1S/C21H24BrN.C2H6/c1-15-18(10-6-12-20(15)22)19-11-7-13-21(16(19)2)23-14-17-8-4-3-5-9-17;1-2/h3-6,8-10,12,21,23H,7,11,13-14H2,1-2H3;1-2H3. The quantitative estimate of drug-likeness (QED) is 0.589. The van der Waals surface area contributed by atoms with Gasteiger partial charge >= 0.3 is 0 Å². The maximum Gasteiger partial charge on any atom is 0.0285 e. The van der Waals surface area contributed by atoms with E-state index < -0.39 is 0 Å². The first kappa shape index (κ1) is 19.9. The highest BCUT2D eigenvalue weighted by Gasteiger charge is 2.21. The van der Waals surface area contributed by atoms with Crippen molar-refractivity contribution < 1.29 is 0 Å². The zero-order valence-corrected chi connectivity index (χ0v) is 17.5. The van der Waals surface area contributed by atoms with E-state index in [-0.39, 0.29) is 0 Å². The molecule has 0 amide bonds. The number of nitrogens with one attached hydrogen (secondary N) is 1. The maximum absolute atomic E-state index is 3.75. The summed E-state index contributed by atoms with van der Waals surface area (Å²) in [5.41, 5.74) is 7.15. The summed E-state index contributed by atoms with van der Waals surface area (Å²) in [7, 11) is 0. The van der Waals surface area contributed by atoms with Crippen LogP contribution in [0.15, 0.2) is 58.6 Å². The van der Waals surface area contributed by atoms with Gasteiger partial charge in [0.2, 0.25) is 0 Å². The van der Waals surface area contributed by atoms with E-state index >= 15 is 0 Å². The number of hydrogen-bond acceptors (Lipinski definition) is 1. The maximum atomic E-state index is 3.75. The minimum absolute atomic E-state index is 0.484. The van der Waals surface area contributed by atoms with Crippen LogP contribution in [0.3, 0.4) is 0 Å². The fraction of sp³-hybridized carbons (Fsp3) is 0.391. The minimum atomic E-state index is 0.484. The summed E-state index contributed by atoms with van der Waals surface area (Å²) >= 11 is 3.67. The van der Waals surface area contributed by atoms with Crippen LogP contribution in [0.4, 0.5) is 0 Å². The van der Waals surface area contributed by atoms with Crippen molar-refractivity contribution in [2.75, 3.05) is 0 Å². The Balaban J connectivity index is 0.00000109. The minimum Gasteiger partial charge on any atom is -0.306 e. The Morgan fingerprint density at radius 2 is 1.72 bits per heavy atom. The second-order valence-electron chi connectivity index (χ2n) is 6.39. The summed E-state index contributed by atoms with van der Waals surface area (Å²) < 4.78 is 1.20. The molecule has 25 heavy (non-hydrogen) atoms. The van der Waals surface area contributed by atoms with Gasteiger partial charge in [-0.25, -0.2) is 0 Å². The van der Waals surface area contributed by atoms with Crippen LogP contribution in [0.2, 0.25) is 0 Å². The molecule has 0 bridgehead atoms.